The van der Waals surface area contributed by atoms with Gasteiger partial charge in [-0.2, -0.15) is 0 Å². The highest BCUT2D eigenvalue weighted by Crippen LogP contribution is 2.49. The molecule has 4 nitrogen and oxygen atoms in total. The summed E-state index contributed by atoms with van der Waals surface area (Å²) < 4.78 is 12.0. The van der Waals surface area contributed by atoms with Gasteiger partial charge in [0.2, 0.25) is 0 Å². The molecule has 0 amide bonds. The molecule has 2 aromatic carbocycles. The van der Waals surface area contributed by atoms with Crippen molar-refractivity contribution in [2.24, 2.45) is 0 Å². The molecule has 2 aromatic rings. The fourth-order valence-corrected chi connectivity index (χ4v) is 4.36. The predicted octanol–water partition coefficient (Wildman–Crippen LogP) is 4.75. The fraction of sp³-hybridized carbons (Fsp3) is 0.381. The first kappa shape index (κ1) is 17.2. The summed E-state index contributed by atoms with van der Waals surface area (Å²) in [4.78, 5) is 2.08. The summed E-state index contributed by atoms with van der Waals surface area (Å²) in [5.41, 5.74) is 2.88. The van der Waals surface area contributed by atoms with Crippen molar-refractivity contribution in [3.8, 4) is 11.5 Å². The average Bonchev–Trinajstić information content (AvgIpc) is 2.61. The minimum Gasteiger partial charge on any atom is -0.493 e. The van der Waals surface area contributed by atoms with Crippen LogP contribution in [0.4, 0.5) is 5.69 Å². The molecule has 0 aromatic heterocycles. The minimum absolute atomic E-state index is 0.123. The van der Waals surface area contributed by atoms with Crippen molar-refractivity contribution in [2.45, 2.75) is 44.9 Å². The molecule has 2 aliphatic rings. The second-order valence-corrected chi connectivity index (χ2v) is 7.83. The Morgan fingerprint density at radius 2 is 1.96 bits per heavy atom. The van der Waals surface area contributed by atoms with Crippen LogP contribution in [0, 0.1) is 0 Å². The Bertz CT molecular complexity index is 850. The zero-order valence-corrected chi connectivity index (χ0v) is 16.4. The maximum absolute atomic E-state index is 6.50. The smallest absolute Gasteiger partial charge is 0.188 e. The van der Waals surface area contributed by atoms with Crippen LogP contribution in [0.2, 0.25) is 0 Å². The maximum Gasteiger partial charge on any atom is 0.188 e. The van der Waals surface area contributed by atoms with Crippen molar-refractivity contribution in [3.05, 3.63) is 53.6 Å². The molecule has 2 bridgehead atoms. The maximum atomic E-state index is 6.50. The van der Waals surface area contributed by atoms with Crippen molar-refractivity contribution >= 4 is 23.0 Å². The molecule has 0 saturated carbocycles. The van der Waals surface area contributed by atoms with Crippen LogP contribution in [0.5, 0.6) is 11.5 Å². The third kappa shape index (κ3) is 2.62. The van der Waals surface area contributed by atoms with Crippen LogP contribution in [-0.2, 0) is 0 Å². The van der Waals surface area contributed by atoms with Gasteiger partial charge in [0.25, 0.3) is 0 Å². The number of hydrogen-bond donors (Lipinski definition) is 1. The normalized spacial score (nSPS) is 24.0. The van der Waals surface area contributed by atoms with E-state index < -0.39 is 5.72 Å². The van der Waals surface area contributed by atoms with E-state index in [1.165, 1.54) is 5.56 Å². The van der Waals surface area contributed by atoms with Gasteiger partial charge in [-0.1, -0.05) is 38.1 Å². The monoisotopic (exact) mass is 368 g/mol. The summed E-state index contributed by atoms with van der Waals surface area (Å²) in [6.45, 7) is 6.49. The summed E-state index contributed by atoms with van der Waals surface area (Å²) in [5.74, 6) is 2.05. The first-order valence-electron chi connectivity index (χ1n) is 8.99. The largest absolute Gasteiger partial charge is 0.493 e. The molecule has 2 atom stereocenters. The standard InChI is InChI=1S/C21H24N2O2S/c1-13(2)14-8-10-15(11-9-14)23-20(26)22-17-12-21(23,3)25-19-16(17)6-5-7-18(19)24-4/h5-11,13,17H,12H2,1-4H3,(H,22,26). The van der Waals surface area contributed by atoms with Crippen LogP contribution in [0.15, 0.2) is 42.5 Å². The Hall–Kier alpha value is -2.27. The van der Waals surface area contributed by atoms with Crippen LogP contribution in [0.25, 0.3) is 0 Å². The van der Waals surface area contributed by atoms with Crippen LogP contribution in [-0.4, -0.2) is 17.9 Å². The molecule has 2 aliphatic heterocycles. The van der Waals surface area contributed by atoms with E-state index in [9.17, 15) is 0 Å². The number of nitrogens with zero attached hydrogens (tertiary/aromatic N) is 1. The minimum atomic E-state index is -0.562. The van der Waals surface area contributed by atoms with Crippen LogP contribution < -0.4 is 19.7 Å². The first-order valence-corrected chi connectivity index (χ1v) is 9.40. The molecule has 2 unspecified atom stereocenters. The van der Waals surface area contributed by atoms with Gasteiger partial charge in [0, 0.05) is 17.7 Å². The zero-order valence-electron chi connectivity index (χ0n) is 15.6. The molecule has 26 heavy (non-hydrogen) atoms. The van der Waals surface area contributed by atoms with E-state index in [0.29, 0.717) is 11.0 Å². The van der Waals surface area contributed by atoms with Crippen molar-refractivity contribution in [1.29, 1.82) is 0 Å². The molecule has 1 saturated heterocycles. The van der Waals surface area contributed by atoms with Crippen molar-refractivity contribution in [1.82, 2.24) is 5.32 Å². The quantitative estimate of drug-likeness (QED) is 0.791. The van der Waals surface area contributed by atoms with Gasteiger partial charge >= 0.3 is 0 Å². The zero-order chi connectivity index (χ0) is 18.5. The fourth-order valence-electron chi connectivity index (χ4n) is 3.92. The number of thiocarbonyl (C=S) groups is 1. The van der Waals surface area contributed by atoms with Gasteiger partial charge in [0.1, 0.15) is 0 Å². The Morgan fingerprint density at radius 3 is 2.62 bits per heavy atom. The molecule has 0 radical (unpaired) electrons. The number of rotatable bonds is 3. The number of para-hydroxylation sites is 1. The first-order chi connectivity index (χ1) is 12.4. The Balaban J connectivity index is 1.76. The van der Waals surface area contributed by atoms with Crippen LogP contribution in [0.1, 0.15) is 50.3 Å². The molecule has 1 N–H and O–H groups in total. The van der Waals surface area contributed by atoms with E-state index in [2.05, 4.69) is 61.3 Å². The Morgan fingerprint density at radius 1 is 1.23 bits per heavy atom. The number of benzene rings is 2. The Labute approximate surface area is 160 Å². The third-order valence-corrected chi connectivity index (χ3v) is 5.60. The lowest BCUT2D eigenvalue weighted by molar-refractivity contribution is 0.0464. The van der Waals surface area contributed by atoms with Crippen molar-refractivity contribution < 1.29 is 9.47 Å². The highest BCUT2D eigenvalue weighted by atomic mass is 32.1. The van der Waals surface area contributed by atoms with Crippen LogP contribution >= 0.6 is 12.2 Å². The van der Waals surface area contributed by atoms with Gasteiger partial charge in [0.15, 0.2) is 22.3 Å². The van der Waals surface area contributed by atoms with Gasteiger partial charge in [-0.05, 0) is 48.8 Å². The summed E-state index contributed by atoms with van der Waals surface area (Å²) >= 11 is 5.71. The van der Waals surface area contributed by atoms with E-state index in [1.54, 1.807) is 7.11 Å². The van der Waals surface area contributed by atoms with E-state index >= 15 is 0 Å². The van der Waals surface area contributed by atoms with E-state index in [1.807, 2.05) is 12.1 Å². The highest BCUT2D eigenvalue weighted by molar-refractivity contribution is 7.80. The van der Waals surface area contributed by atoms with Crippen molar-refractivity contribution in [3.63, 3.8) is 0 Å². The number of methoxy groups -OCH3 is 1. The molecular weight excluding hydrogens is 344 g/mol. The highest BCUT2D eigenvalue weighted by Gasteiger charge is 2.49. The predicted molar refractivity (Wildman–Crippen MR) is 108 cm³/mol. The van der Waals surface area contributed by atoms with E-state index in [4.69, 9.17) is 21.7 Å². The number of anilines is 1. The van der Waals surface area contributed by atoms with Gasteiger partial charge in [0.05, 0.1) is 13.2 Å². The lowest BCUT2D eigenvalue weighted by atomic mass is 9.90. The lowest BCUT2D eigenvalue weighted by Gasteiger charge is -2.52. The summed E-state index contributed by atoms with van der Waals surface area (Å²) in [7, 11) is 1.67. The van der Waals surface area contributed by atoms with Crippen LogP contribution in [0.3, 0.4) is 0 Å². The number of nitrogens with one attached hydrogen (secondary N) is 1. The summed E-state index contributed by atoms with van der Waals surface area (Å²) in [6, 6.07) is 14.7. The number of ether oxygens (including phenoxy) is 2. The number of hydrogen-bond acceptors (Lipinski definition) is 3. The third-order valence-electron chi connectivity index (χ3n) is 5.30. The Kier molecular flexibility index (Phi) is 4.07. The topological polar surface area (TPSA) is 33.7 Å². The molecular formula is C21H24N2O2S. The molecule has 2 heterocycles. The second kappa shape index (κ2) is 6.16. The van der Waals surface area contributed by atoms with Gasteiger partial charge in [-0.15, -0.1) is 0 Å². The average molecular weight is 369 g/mol. The molecule has 0 spiro atoms. The molecule has 1 fully saturated rings. The molecule has 4 rings (SSSR count). The SMILES string of the molecule is COc1cccc2c1OC1(C)CC2NC(=S)N1c1ccc(C(C)C)cc1. The summed E-state index contributed by atoms with van der Waals surface area (Å²) in [6.07, 6.45) is 0.805. The van der Waals surface area contributed by atoms with Gasteiger partial charge in [-0.3, -0.25) is 4.90 Å². The van der Waals surface area contributed by atoms with Gasteiger partial charge in [-0.25, -0.2) is 0 Å². The number of fused-ring (bicyclic) bond motifs is 4. The van der Waals surface area contributed by atoms with Gasteiger partial charge < -0.3 is 14.8 Å². The second-order valence-electron chi connectivity index (χ2n) is 7.44. The van der Waals surface area contributed by atoms with E-state index in [0.717, 1.165) is 29.2 Å². The lowest BCUT2D eigenvalue weighted by Crippen LogP contribution is -2.65. The molecule has 136 valence electrons. The molecule has 5 heteroatoms. The summed E-state index contributed by atoms with van der Waals surface area (Å²) in [5, 5.41) is 4.18. The van der Waals surface area contributed by atoms with E-state index in [-0.39, 0.29) is 6.04 Å². The van der Waals surface area contributed by atoms with Crippen molar-refractivity contribution in [2.75, 3.05) is 12.0 Å². The molecule has 0 aliphatic carbocycles.